The van der Waals surface area contributed by atoms with Crippen LogP contribution in [0.4, 0.5) is 0 Å². The van der Waals surface area contributed by atoms with Gasteiger partial charge in [-0.05, 0) is 18.4 Å². The van der Waals surface area contributed by atoms with Gasteiger partial charge in [-0.15, -0.1) is 11.8 Å². The van der Waals surface area contributed by atoms with Crippen LogP contribution in [0.15, 0.2) is 28.1 Å². The number of H-pyrrole nitrogens is 1. The predicted molar refractivity (Wildman–Crippen MR) is 68.1 cm³/mol. The second-order valence-electron chi connectivity index (χ2n) is 3.09. The third-order valence-corrected chi connectivity index (χ3v) is 4.81. The van der Waals surface area contributed by atoms with E-state index in [1.54, 1.807) is 12.1 Å². The molecule has 0 radical (unpaired) electrons. The third-order valence-electron chi connectivity index (χ3n) is 2.19. The smallest absolute Gasteiger partial charge is 0.263 e. The van der Waals surface area contributed by atoms with Gasteiger partial charge in [0, 0.05) is 27.2 Å². The highest BCUT2D eigenvalue weighted by molar-refractivity contribution is 8.14. The number of thioether (sulfide) groups is 1. The quantitative estimate of drug-likeness (QED) is 0.682. The average molecular weight is 296 g/mol. The standard InChI is InChI=1S/C9H7Cl2NO2S2/c1-15-9-6(10)3-2-5-7(16(11,13)14)4-12-8(5)9/h2-4,12H,1H3. The Hall–Kier alpha value is -0.360. The SMILES string of the molecule is CSc1c(Cl)ccc2c(S(=O)(=O)Cl)c[nH]c12. The molecule has 16 heavy (non-hydrogen) atoms. The van der Waals surface area contributed by atoms with Crippen LogP contribution in [-0.4, -0.2) is 19.7 Å². The van der Waals surface area contributed by atoms with E-state index < -0.39 is 9.05 Å². The zero-order chi connectivity index (χ0) is 11.9. The minimum Gasteiger partial charge on any atom is -0.359 e. The summed E-state index contributed by atoms with van der Waals surface area (Å²) in [5.74, 6) is 0. The summed E-state index contributed by atoms with van der Waals surface area (Å²) in [5, 5.41) is 1.14. The van der Waals surface area contributed by atoms with Gasteiger partial charge >= 0.3 is 0 Å². The summed E-state index contributed by atoms with van der Waals surface area (Å²) in [5.41, 5.74) is 0.694. The number of benzene rings is 1. The molecule has 0 aliphatic heterocycles. The predicted octanol–water partition coefficient (Wildman–Crippen LogP) is 3.47. The summed E-state index contributed by atoms with van der Waals surface area (Å²) in [4.78, 5) is 3.78. The monoisotopic (exact) mass is 295 g/mol. The van der Waals surface area contributed by atoms with Crippen LogP contribution in [0.3, 0.4) is 0 Å². The highest BCUT2D eigenvalue weighted by Crippen LogP contribution is 2.36. The molecular formula is C9H7Cl2NO2S2. The molecule has 86 valence electrons. The summed E-state index contributed by atoms with van der Waals surface area (Å²) in [7, 11) is 1.59. The van der Waals surface area contributed by atoms with Crippen LogP contribution in [0, 0.1) is 0 Å². The van der Waals surface area contributed by atoms with Crippen molar-refractivity contribution in [3.05, 3.63) is 23.4 Å². The zero-order valence-corrected chi connectivity index (χ0v) is 11.3. The van der Waals surface area contributed by atoms with Gasteiger partial charge in [-0.2, -0.15) is 0 Å². The fourth-order valence-electron chi connectivity index (χ4n) is 1.52. The molecule has 2 rings (SSSR count). The van der Waals surface area contributed by atoms with Crippen molar-refractivity contribution in [1.29, 1.82) is 0 Å². The first-order valence-electron chi connectivity index (χ1n) is 4.23. The first-order valence-corrected chi connectivity index (χ1v) is 8.14. The van der Waals surface area contributed by atoms with Gasteiger partial charge in [-0.25, -0.2) is 8.42 Å². The lowest BCUT2D eigenvalue weighted by Gasteiger charge is -2.02. The van der Waals surface area contributed by atoms with Crippen molar-refractivity contribution in [3.8, 4) is 0 Å². The summed E-state index contributed by atoms with van der Waals surface area (Å²) in [6.07, 6.45) is 3.25. The van der Waals surface area contributed by atoms with Crippen molar-refractivity contribution in [2.24, 2.45) is 0 Å². The minimum atomic E-state index is -3.74. The zero-order valence-electron chi connectivity index (χ0n) is 8.12. The van der Waals surface area contributed by atoms with Gasteiger partial charge < -0.3 is 4.98 Å². The maximum atomic E-state index is 11.3. The molecule has 1 heterocycles. The van der Waals surface area contributed by atoms with Gasteiger partial charge in [0.2, 0.25) is 0 Å². The lowest BCUT2D eigenvalue weighted by Crippen LogP contribution is -1.87. The lowest BCUT2D eigenvalue weighted by atomic mass is 10.2. The average Bonchev–Trinajstić information content (AvgIpc) is 2.60. The van der Waals surface area contributed by atoms with Crippen LogP contribution in [-0.2, 0) is 9.05 Å². The number of aromatic nitrogens is 1. The number of hydrogen-bond donors (Lipinski definition) is 1. The Morgan fingerprint density at radius 1 is 1.38 bits per heavy atom. The molecule has 0 bridgehead atoms. The summed E-state index contributed by atoms with van der Waals surface area (Å²) < 4.78 is 22.6. The highest BCUT2D eigenvalue weighted by Gasteiger charge is 2.18. The van der Waals surface area contributed by atoms with Crippen LogP contribution in [0.5, 0.6) is 0 Å². The van der Waals surface area contributed by atoms with Gasteiger partial charge in [-0.1, -0.05) is 11.6 Å². The summed E-state index contributed by atoms with van der Waals surface area (Å²) in [6.45, 7) is 0. The fourth-order valence-corrected chi connectivity index (χ4v) is 3.56. The van der Waals surface area contributed by atoms with Gasteiger partial charge in [0.25, 0.3) is 9.05 Å². The van der Waals surface area contributed by atoms with Crippen molar-refractivity contribution in [3.63, 3.8) is 0 Å². The number of rotatable bonds is 2. The van der Waals surface area contributed by atoms with E-state index >= 15 is 0 Å². The number of hydrogen-bond acceptors (Lipinski definition) is 3. The molecule has 1 aromatic carbocycles. The maximum Gasteiger partial charge on any atom is 0.263 e. The van der Waals surface area contributed by atoms with E-state index in [0.29, 0.717) is 15.9 Å². The molecule has 0 saturated heterocycles. The molecule has 2 aromatic rings. The molecule has 0 aliphatic carbocycles. The van der Waals surface area contributed by atoms with Crippen LogP contribution in [0.1, 0.15) is 0 Å². The first kappa shape index (κ1) is 12.1. The lowest BCUT2D eigenvalue weighted by molar-refractivity contribution is 0.610. The highest BCUT2D eigenvalue weighted by atomic mass is 35.7. The Labute approximate surface area is 107 Å². The molecule has 3 nitrogen and oxygen atoms in total. The van der Waals surface area contributed by atoms with Crippen molar-refractivity contribution in [2.75, 3.05) is 6.26 Å². The van der Waals surface area contributed by atoms with Crippen LogP contribution in [0.25, 0.3) is 10.9 Å². The molecule has 1 aromatic heterocycles. The minimum absolute atomic E-state index is 0.0798. The molecule has 0 saturated carbocycles. The molecule has 0 aliphatic rings. The molecular weight excluding hydrogens is 289 g/mol. The van der Waals surface area contributed by atoms with Crippen molar-refractivity contribution < 1.29 is 8.42 Å². The van der Waals surface area contributed by atoms with E-state index in [2.05, 4.69) is 4.98 Å². The molecule has 0 spiro atoms. The molecule has 7 heteroatoms. The van der Waals surface area contributed by atoms with Gasteiger partial charge in [0.1, 0.15) is 4.90 Å². The number of fused-ring (bicyclic) bond motifs is 1. The Morgan fingerprint density at radius 2 is 2.06 bits per heavy atom. The first-order chi connectivity index (χ1) is 7.45. The largest absolute Gasteiger partial charge is 0.359 e. The van der Waals surface area contributed by atoms with Gasteiger partial charge in [-0.3, -0.25) is 0 Å². The topological polar surface area (TPSA) is 49.9 Å². The van der Waals surface area contributed by atoms with Crippen molar-refractivity contribution >= 4 is 54.0 Å². The Morgan fingerprint density at radius 3 is 2.62 bits per heavy atom. The third kappa shape index (κ3) is 1.93. The number of aromatic amines is 1. The van der Waals surface area contributed by atoms with Crippen molar-refractivity contribution in [2.45, 2.75) is 9.79 Å². The van der Waals surface area contributed by atoms with E-state index in [1.165, 1.54) is 18.0 Å². The van der Waals surface area contributed by atoms with Crippen LogP contribution in [0.2, 0.25) is 5.02 Å². The second kappa shape index (κ2) is 4.14. The number of nitrogens with one attached hydrogen (secondary N) is 1. The Balaban J connectivity index is 2.87. The van der Waals surface area contributed by atoms with E-state index in [9.17, 15) is 8.42 Å². The molecule has 0 unspecified atom stereocenters. The van der Waals surface area contributed by atoms with E-state index in [1.807, 2.05) is 6.26 Å². The van der Waals surface area contributed by atoms with Crippen LogP contribution < -0.4 is 0 Å². The molecule has 0 amide bonds. The van der Waals surface area contributed by atoms with Crippen LogP contribution >= 0.6 is 34.0 Å². The number of halogens is 2. The normalized spacial score (nSPS) is 12.2. The molecule has 0 atom stereocenters. The Kier molecular flexibility index (Phi) is 3.13. The van der Waals surface area contributed by atoms with Gasteiger partial charge in [0.15, 0.2) is 0 Å². The molecule has 1 N–H and O–H groups in total. The Bertz CT molecular complexity index is 649. The van der Waals surface area contributed by atoms with E-state index in [0.717, 1.165) is 4.90 Å². The fraction of sp³-hybridized carbons (Fsp3) is 0.111. The molecule has 0 fully saturated rings. The van der Waals surface area contributed by atoms with E-state index in [4.69, 9.17) is 22.3 Å². The van der Waals surface area contributed by atoms with Crippen molar-refractivity contribution in [1.82, 2.24) is 4.98 Å². The second-order valence-corrected chi connectivity index (χ2v) is 6.85. The summed E-state index contributed by atoms with van der Waals surface area (Å²) in [6, 6.07) is 3.30. The van der Waals surface area contributed by atoms with Gasteiger partial charge in [0.05, 0.1) is 10.5 Å². The van der Waals surface area contributed by atoms with E-state index in [-0.39, 0.29) is 4.90 Å². The summed E-state index contributed by atoms with van der Waals surface area (Å²) >= 11 is 7.45. The maximum absolute atomic E-state index is 11.3.